The molecule has 2 heterocycles. The molecule has 0 atom stereocenters. The van der Waals surface area contributed by atoms with Gasteiger partial charge in [-0.05, 0) is 42.8 Å². The summed E-state index contributed by atoms with van der Waals surface area (Å²) in [5, 5.41) is 3.42. The van der Waals surface area contributed by atoms with Crippen molar-refractivity contribution in [3.63, 3.8) is 0 Å². The maximum Gasteiger partial charge on any atom is 0.416 e. The largest absolute Gasteiger partial charge is 0.416 e. The standard InChI is InChI=1S/C19H15ClF3N3OS/c1-10-2-5-14-16(6-10)28-18(25-14)26-8-11(9-26)17(27)24-15-7-12(19(21,22)23)3-4-13(15)20/h2-7,11H,8-9H2,1H3,(H,24,27). The molecule has 0 unspecified atom stereocenters. The van der Waals surface area contributed by atoms with Gasteiger partial charge in [0.25, 0.3) is 0 Å². The molecule has 9 heteroatoms. The number of nitrogens with zero attached hydrogens (tertiary/aromatic N) is 2. The van der Waals surface area contributed by atoms with Crippen molar-refractivity contribution in [1.29, 1.82) is 0 Å². The summed E-state index contributed by atoms with van der Waals surface area (Å²) in [5.74, 6) is -0.686. The van der Waals surface area contributed by atoms with Gasteiger partial charge in [0.05, 0.1) is 32.4 Å². The van der Waals surface area contributed by atoms with Crippen molar-refractivity contribution in [2.75, 3.05) is 23.3 Å². The summed E-state index contributed by atoms with van der Waals surface area (Å²) < 4.78 is 39.7. The molecule has 0 saturated carbocycles. The van der Waals surface area contributed by atoms with E-state index in [1.165, 1.54) is 0 Å². The zero-order valence-corrected chi connectivity index (χ0v) is 16.3. The van der Waals surface area contributed by atoms with Crippen LogP contribution in [-0.4, -0.2) is 24.0 Å². The lowest BCUT2D eigenvalue weighted by molar-refractivity contribution is -0.137. The molecule has 1 aliphatic rings. The molecule has 1 aliphatic heterocycles. The molecule has 3 aromatic rings. The lowest BCUT2D eigenvalue weighted by Crippen LogP contribution is -2.52. The third-order valence-corrected chi connectivity index (χ3v) is 6.02. The Morgan fingerprint density at radius 2 is 2.00 bits per heavy atom. The molecule has 4 nitrogen and oxygen atoms in total. The number of alkyl halides is 3. The molecule has 0 bridgehead atoms. The number of thiazole rings is 1. The molecule has 1 aromatic heterocycles. The molecule has 0 radical (unpaired) electrons. The Hall–Kier alpha value is -2.32. The smallest absolute Gasteiger partial charge is 0.346 e. The first-order valence-electron chi connectivity index (χ1n) is 8.50. The second-order valence-corrected chi connectivity index (χ2v) is 8.17. The summed E-state index contributed by atoms with van der Waals surface area (Å²) in [6, 6.07) is 8.90. The average Bonchev–Trinajstić information content (AvgIpc) is 2.96. The van der Waals surface area contributed by atoms with E-state index >= 15 is 0 Å². The number of carbonyl (C=O) groups excluding carboxylic acids is 1. The van der Waals surface area contributed by atoms with Crippen LogP contribution in [0.2, 0.25) is 5.02 Å². The van der Waals surface area contributed by atoms with Crippen molar-refractivity contribution in [2.45, 2.75) is 13.1 Å². The normalized spacial score (nSPS) is 15.0. The highest BCUT2D eigenvalue weighted by molar-refractivity contribution is 7.22. The zero-order valence-electron chi connectivity index (χ0n) is 14.7. The quantitative estimate of drug-likeness (QED) is 0.615. The minimum absolute atomic E-state index is 0.0320. The number of nitrogens with one attached hydrogen (secondary N) is 1. The molecule has 146 valence electrons. The molecule has 0 aliphatic carbocycles. The maximum atomic E-state index is 12.9. The number of aromatic nitrogens is 1. The van der Waals surface area contributed by atoms with Gasteiger partial charge in [-0.15, -0.1) is 0 Å². The fourth-order valence-corrected chi connectivity index (χ4v) is 4.23. The van der Waals surface area contributed by atoms with E-state index < -0.39 is 11.7 Å². The van der Waals surface area contributed by atoms with Crippen LogP contribution in [0.1, 0.15) is 11.1 Å². The summed E-state index contributed by atoms with van der Waals surface area (Å²) in [6.07, 6.45) is -4.50. The van der Waals surface area contributed by atoms with Gasteiger partial charge in [-0.2, -0.15) is 13.2 Å². The van der Waals surface area contributed by atoms with Crippen LogP contribution < -0.4 is 10.2 Å². The van der Waals surface area contributed by atoms with E-state index in [2.05, 4.69) is 16.4 Å². The number of aryl methyl sites for hydroxylation is 1. The molecule has 1 saturated heterocycles. The van der Waals surface area contributed by atoms with Gasteiger partial charge in [0.1, 0.15) is 0 Å². The molecule has 1 amide bonds. The van der Waals surface area contributed by atoms with Crippen LogP contribution in [-0.2, 0) is 11.0 Å². The number of fused-ring (bicyclic) bond motifs is 1. The number of hydrogen-bond acceptors (Lipinski definition) is 4. The summed E-state index contributed by atoms with van der Waals surface area (Å²) in [6.45, 7) is 2.93. The van der Waals surface area contributed by atoms with Crippen molar-refractivity contribution in [2.24, 2.45) is 5.92 Å². The molecule has 1 fully saturated rings. The van der Waals surface area contributed by atoms with Crippen LogP contribution in [0.25, 0.3) is 10.2 Å². The first-order chi connectivity index (χ1) is 13.2. The third kappa shape index (κ3) is 3.66. The van der Waals surface area contributed by atoms with Gasteiger partial charge in [0.15, 0.2) is 5.13 Å². The van der Waals surface area contributed by atoms with Crippen LogP contribution in [0, 0.1) is 12.8 Å². The van der Waals surface area contributed by atoms with Crippen LogP contribution in [0.3, 0.4) is 0 Å². The topological polar surface area (TPSA) is 45.2 Å². The molecule has 4 rings (SSSR count). The van der Waals surface area contributed by atoms with Crippen molar-refractivity contribution >= 4 is 49.9 Å². The van der Waals surface area contributed by atoms with Crippen molar-refractivity contribution in [3.8, 4) is 0 Å². The minimum Gasteiger partial charge on any atom is -0.346 e. The van der Waals surface area contributed by atoms with E-state index in [0.29, 0.717) is 13.1 Å². The van der Waals surface area contributed by atoms with Gasteiger partial charge in [-0.1, -0.05) is 29.0 Å². The predicted molar refractivity (Wildman–Crippen MR) is 105 cm³/mol. The summed E-state index contributed by atoms with van der Waals surface area (Å²) in [4.78, 5) is 19.0. The van der Waals surface area contributed by atoms with Crippen LogP contribution >= 0.6 is 22.9 Å². The van der Waals surface area contributed by atoms with Crippen molar-refractivity contribution in [3.05, 3.63) is 52.5 Å². The minimum atomic E-state index is -4.50. The summed E-state index contributed by atoms with van der Waals surface area (Å²) >= 11 is 7.50. The van der Waals surface area contributed by atoms with Crippen LogP contribution in [0.4, 0.5) is 24.0 Å². The lowest BCUT2D eigenvalue weighted by Gasteiger charge is -2.38. The van der Waals surface area contributed by atoms with Gasteiger partial charge in [0.2, 0.25) is 5.91 Å². The van der Waals surface area contributed by atoms with Gasteiger partial charge in [-0.3, -0.25) is 4.79 Å². The Bertz CT molecular complexity index is 1060. The molecule has 28 heavy (non-hydrogen) atoms. The fourth-order valence-electron chi connectivity index (χ4n) is 2.99. The molecular weight excluding hydrogens is 411 g/mol. The van der Waals surface area contributed by atoms with Gasteiger partial charge in [-0.25, -0.2) is 4.98 Å². The zero-order chi connectivity index (χ0) is 20.1. The second kappa shape index (κ2) is 6.93. The Labute approximate surface area is 167 Å². The van der Waals surface area contributed by atoms with Crippen molar-refractivity contribution < 1.29 is 18.0 Å². The molecule has 2 aromatic carbocycles. The number of hydrogen-bond donors (Lipinski definition) is 1. The second-order valence-electron chi connectivity index (χ2n) is 6.75. The number of benzene rings is 2. The van der Waals surface area contributed by atoms with E-state index in [1.54, 1.807) is 11.3 Å². The Morgan fingerprint density at radius 1 is 1.25 bits per heavy atom. The van der Waals surface area contributed by atoms with E-state index in [0.717, 1.165) is 39.1 Å². The first-order valence-corrected chi connectivity index (χ1v) is 9.70. The molecule has 1 N–H and O–H groups in total. The van der Waals surface area contributed by atoms with E-state index in [-0.39, 0.29) is 22.5 Å². The highest BCUT2D eigenvalue weighted by atomic mass is 35.5. The Morgan fingerprint density at radius 3 is 2.71 bits per heavy atom. The van der Waals surface area contributed by atoms with E-state index in [9.17, 15) is 18.0 Å². The Kier molecular flexibility index (Phi) is 4.71. The molecule has 0 spiro atoms. The van der Waals surface area contributed by atoms with Crippen LogP contribution in [0.5, 0.6) is 0 Å². The molecular formula is C19H15ClF3N3OS. The number of rotatable bonds is 3. The van der Waals surface area contributed by atoms with E-state index in [1.807, 2.05) is 24.0 Å². The van der Waals surface area contributed by atoms with Crippen molar-refractivity contribution in [1.82, 2.24) is 4.98 Å². The first kappa shape index (κ1) is 19.0. The van der Waals surface area contributed by atoms with Gasteiger partial charge in [0, 0.05) is 13.1 Å². The average molecular weight is 426 g/mol. The van der Waals surface area contributed by atoms with E-state index in [4.69, 9.17) is 11.6 Å². The number of carbonyl (C=O) groups is 1. The fraction of sp³-hybridized carbons (Fsp3) is 0.263. The van der Waals surface area contributed by atoms with Crippen LogP contribution in [0.15, 0.2) is 36.4 Å². The Balaban J connectivity index is 1.42. The lowest BCUT2D eigenvalue weighted by atomic mass is 10.00. The predicted octanol–water partition coefficient (Wildman–Crippen LogP) is 5.35. The number of anilines is 2. The monoisotopic (exact) mass is 425 g/mol. The number of amides is 1. The third-order valence-electron chi connectivity index (χ3n) is 4.61. The number of halogens is 4. The SMILES string of the molecule is Cc1ccc2nc(N3CC(C(=O)Nc4cc(C(F)(F)F)ccc4Cl)C3)sc2c1. The highest BCUT2D eigenvalue weighted by Crippen LogP contribution is 2.36. The van der Waals surface area contributed by atoms with Gasteiger partial charge >= 0.3 is 6.18 Å². The van der Waals surface area contributed by atoms with Gasteiger partial charge < -0.3 is 10.2 Å². The summed E-state index contributed by atoms with van der Waals surface area (Å²) in [7, 11) is 0. The maximum absolute atomic E-state index is 12.9. The summed E-state index contributed by atoms with van der Waals surface area (Å²) in [5.41, 5.74) is 1.18. The highest BCUT2D eigenvalue weighted by Gasteiger charge is 2.35.